The molecule has 7 nitrogen and oxygen atoms in total. The average Bonchev–Trinajstić information content (AvgIpc) is 2.97. The van der Waals surface area contributed by atoms with E-state index in [0.717, 1.165) is 67.4 Å². The molecule has 220 valence electrons. The number of benzene rings is 2. The van der Waals surface area contributed by atoms with Gasteiger partial charge in [-0.3, -0.25) is 15.3 Å². The maximum Gasteiger partial charge on any atom is 0.210 e. The highest BCUT2D eigenvalue weighted by Crippen LogP contribution is 2.62. The molecule has 0 radical (unpaired) electrons. The average molecular weight is 557 g/mol. The summed E-state index contributed by atoms with van der Waals surface area (Å²) in [7, 11) is 1.84. The van der Waals surface area contributed by atoms with Crippen LogP contribution in [0.1, 0.15) is 70.2 Å². The standard InChI is InChI=1S/C34H48N6O/c1-22(2)41-28-12-9-24-13-14-36-32(29(24)21-28)25-7-10-27(11-8-25)37-33(35-6)38-40-17-15-39(16-18-40)31-20-26-19-30(23(31)3)34(26,4)5/h7-14,21-23,26,30-32,36H,15-20H2,1-6H3,(H2,35,37,38). The van der Waals surface area contributed by atoms with Crippen LogP contribution in [0.25, 0.3) is 6.08 Å². The van der Waals surface area contributed by atoms with Gasteiger partial charge in [0.15, 0.2) is 0 Å². The van der Waals surface area contributed by atoms with Crippen LogP contribution in [0.2, 0.25) is 0 Å². The molecular formula is C34H48N6O. The first-order chi connectivity index (χ1) is 19.7. The van der Waals surface area contributed by atoms with E-state index >= 15 is 0 Å². The molecule has 5 atom stereocenters. The molecule has 0 aromatic heterocycles. The van der Waals surface area contributed by atoms with Crippen LogP contribution in [0.3, 0.4) is 0 Å². The molecule has 2 aromatic carbocycles. The van der Waals surface area contributed by atoms with Gasteiger partial charge in [0.25, 0.3) is 0 Å². The number of anilines is 1. The predicted molar refractivity (Wildman–Crippen MR) is 169 cm³/mol. The molecule has 0 spiro atoms. The van der Waals surface area contributed by atoms with Crippen molar-refractivity contribution >= 4 is 17.7 Å². The van der Waals surface area contributed by atoms with E-state index in [1.807, 2.05) is 13.2 Å². The second kappa shape index (κ2) is 11.3. The van der Waals surface area contributed by atoms with Gasteiger partial charge in [0.05, 0.1) is 12.1 Å². The van der Waals surface area contributed by atoms with E-state index in [1.165, 1.54) is 29.5 Å². The maximum atomic E-state index is 5.97. The number of ether oxygens (including phenoxy) is 1. The number of hydrogen-bond donors (Lipinski definition) is 3. The van der Waals surface area contributed by atoms with Crippen molar-refractivity contribution in [1.29, 1.82) is 0 Å². The van der Waals surface area contributed by atoms with Crippen LogP contribution >= 0.6 is 0 Å². The van der Waals surface area contributed by atoms with Gasteiger partial charge in [-0.05, 0) is 103 Å². The zero-order valence-electron chi connectivity index (χ0n) is 25.7. The number of piperazine rings is 1. The monoisotopic (exact) mass is 556 g/mol. The molecule has 2 heterocycles. The van der Waals surface area contributed by atoms with Gasteiger partial charge in [0.2, 0.25) is 5.96 Å². The lowest BCUT2D eigenvalue weighted by Crippen LogP contribution is -2.64. The van der Waals surface area contributed by atoms with Crippen LogP contribution < -0.4 is 20.8 Å². The first kappa shape index (κ1) is 28.1. The number of aliphatic imine (C=N–C) groups is 1. The molecule has 2 aliphatic heterocycles. The SMILES string of the molecule is CN=C(Nc1ccc(C2NC=Cc3ccc(OC(C)C)cc32)cc1)NN1CCN(C2CC3CC(C2C)C3(C)C)CC1. The fraction of sp³-hybridized carbons (Fsp3) is 0.559. The molecule has 3 saturated carbocycles. The summed E-state index contributed by atoms with van der Waals surface area (Å²) in [5.41, 5.74) is 8.76. The summed E-state index contributed by atoms with van der Waals surface area (Å²) < 4.78 is 5.97. The highest BCUT2D eigenvalue weighted by molar-refractivity contribution is 5.93. The summed E-state index contributed by atoms with van der Waals surface area (Å²) in [6.45, 7) is 15.8. The van der Waals surface area contributed by atoms with E-state index in [2.05, 4.69) is 114 Å². The van der Waals surface area contributed by atoms with E-state index in [1.54, 1.807) is 0 Å². The summed E-state index contributed by atoms with van der Waals surface area (Å²) in [6.07, 6.45) is 7.13. The van der Waals surface area contributed by atoms with Gasteiger partial charge in [-0.2, -0.15) is 0 Å². The van der Waals surface area contributed by atoms with Crippen molar-refractivity contribution in [3.63, 3.8) is 0 Å². The number of hydrogen-bond acceptors (Lipinski definition) is 5. The molecule has 0 amide bonds. The summed E-state index contributed by atoms with van der Waals surface area (Å²) in [6, 6.07) is 15.8. The smallest absolute Gasteiger partial charge is 0.210 e. The lowest BCUT2D eigenvalue weighted by molar-refractivity contribution is -0.143. The number of nitrogens with zero attached hydrogens (tertiary/aromatic N) is 3. The number of fused-ring (bicyclic) bond motifs is 3. The van der Waals surface area contributed by atoms with Gasteiger partial charge < -0.3 is 15.4 Å². The van der Waals surface area contributed by atoms with E-state index < -0.39 is 0 Å². The minimum atomic E-state index is 0.0809. The van der Waals surface area contributed by atoms with Gasteiger partial charge in [-0.15, -0.1) is 0 Å². The van der Waals surface area contributed by atoms with E-state index in [-0.39, 0.29) is 12.1 Å². The Morgan fingerprint density at radius 2 is 1.80 bits per heavy atom. The van der Waals surface area contributed by atoms with Gasteiger partial charge in [-0.1, -0.05) is 39.0 Å². The van der Waals surface area contributed by atoms with Crippen LogP contribution in [0.15, 0.2) is 53.7 Å². The highest BCUT2D eigenvalue weighted by atomic mass is 16.5. The number of guanidine groups is 1. The molecular weight excluding hydrogens is 508 g/mol. The molecule has 4 fully saturated rings. The van der Waals surface area contributed by atoms with Crippen molar-refractivity contribution in [2.24, 2.45) is 28.2 Å². The molecule has 5 aliphatic rings. The van der Waals surface area contributed by atoms with E-state index in [9.17, 15) is 0 Å². The highest BCUT2D eigenvalue weighted by Gasteiger charge is 2.57. The number of hydrazine groups is 1. The second-order valence-corrected chi connectivity index (χ2v) is 13.4. The topological polar surface area (TPSA) is 64.2 Å². The molecule has 3 aliphatic carbocycles. The van der Waals surface area contributed by atoms with Crippen LogP contribution in [0.4, 0.5) is 5.69 Å². The lowest BCUT2D eigenvalue weighted by atomic mass is 9.44. The van der Waals surface area contributed by atoms with E-state index in [4.69, 9.17) is 4.74 Å². The minimum Gasteiger partial charge on any atom is -0.491 e. The Bertz CT molecular complexity index is 1280. The van der Waals surface area contributed by atoms with Gasteiger partial charge in [0.1, 0.15) is 5.75 Å². The molecule has 7 rings (SSSR count). The first-order valence-corrected chi connectivity index (χ1v) is 15.6. The molecule has 3 N–H and O–H groups in total. The Morgan fingerprint density at radius 3 is 2.46 bits per heavy atom. The zero-order chi connectivity index (χ0) is 28.7. The second-order valence-electron chi connectivity index (χ2n) is 13.4. The Kier molecular flexibility index (Phi) is 7.77. The largest absolute Gasteiger partial charge is 0.491 e. The van der Waals surface area contributed by atoms with Crippen molar-refractivity contribution < 1.29 is 4.74 Å². The van der Waals surface area contributed by atoms with Crippen LogP contribution in [-0.2, 0) is 0 Å². The molecule has 1 saturated heterocycles. The molecule has 41 heavy (non-hydrogen) atoms. The van der Waals surface area contributed by atoms with Crippen molar-refractivity contribution in [3.05, 3.63) is 65.4 Å². The van der Waals surface area contributed by atoms with E-state index in [0.29, 0.717) is 5.41 Å². The van der Waals surface area contributed by atoms with Gasteiger partial charge in [-0.25, -0.2) is 5.01 Å². The lowest BCUT2D eigenvalue weighted by Gasteiger charge is -2.64. The van der Waals surface area contributed by atoms with Gasteiger partial charge in [0, 0.05) is 45.0 Å². The Balaban J connectivity index is 1.03. The zero-order valence-corrected chi connectivity index (χ0v) is 25.7. The summed E-state index contributed by atoms with van der Waals surface area (Å²) >= 11 is 0. The third kappa shape index (κ3) is 5.59. The van der Waals surface area contributed by atoms with Crippen molar-refractivity contribution in [3.8, 4) is 5.75 Å². The van der Waals surface area contributed by atoms with Crippen LogP contribution in [-0.4, -0.2) is 61.2 Å². The maximum absolute atomic E-state index is 5.97. The normalized spacial score (nSPS) is 29.3. The molecule has 2 bridgehead atoms. The third-order valence-electron chi connectivity index (χ3n) is 10.4. The first-order valence-electron chi connectivity index (χ1n) is 15.6. The number of nitrogens with one attached hydrogen (secondary N) is 3. The summed E-state index contributed by atoms with van der Waals surface area (Å²) in [5.74, 6) is 4.29. The fourth-order valence-corrected chi connectivity index (χ4v) is 7.85. The van der Waals surface area contributed by atoms with Gasteiger partial charge >= 0.3 is 0 Å². The molecule has 7 heteroatoms. The van der Waals surface area contributed by atoms with Crippen LogP contribution in [0, 0.1) is 23.2 Å². The van der Waals surface area contributed by atoms with Crippen LogP contribution in [0.5, 0.6) is 5.75 Å². The molecule has 5 unspecified atom stereocenters. The van der Waals surface area contributed by atoms with Crippen molar-refractivity contribution in [2.45, 2.75) is 65.6 Å². The Morgan fingerprint density at radius 1 is 1.05 bits per heavy atom. The predicted octanol–water partition coefficient (Wildman–Crippen LogP) is 5.73. The number of rotatable bonds is 6. The summed E-state index contributed by atoms with van der Waals surface area (Å²) in [4.78, 5) is 7.27. The third-order valence-corrected chi connectivity index (χ3v) is 10.4. The summed E-state index contributed by atoms with van der Waals surface area (Å²) in [5, 5.41) is 9.33. The van der Waals surface area contributed by atoms with Crippen molar-refractivity contribution in [2.75, 3.05) is 38.5 Å². The minimum absolute atomic E-state index is 0.0809. The molecule has 2 aromatic rings. The van der Waals surface area contributed by atoms with Crippen molar-refractivity contribution in [1.82, 2.24) is 20.7 Å². The Hall–Kier alpha value is -3.03. The quantitative estimate of drug-likeness (QED) is 0.312. The Labute approximate surface area is 246 Å². The fourth-order valence-electron chi connectivity index (χ4n) is 7.85.